The number of hydrogen-bond acceptors (Lipinski definition) is 3. The van der Waals surface area contributed by atoms with Crippen molar-refractivity contribution in [3.8, 4) is 0 Å². The minimum atomic E-state index is -0.430. The lowest BCUT2D eigenvalue weighted by molar-refractivity contribution is -0.385. The van der Waals surface area contributed by atoms with E-state index in [2.05, 4.69) is 4.98 Å². The molecule has 0 amide bonds. The molecule has 76 valence electrons. The van der Waals surface area contributed by atoms with Gasteiger partial charge in [-0.15, -0.1) is 11.6 Å². The molecule has 0 aromatic carbocycles. The van der Waals surface area contributed by atoms with E-state index in [0.717, 1.165) is 6.42 Å². The van der Waals surface area contributed by atoms with Crippen LogP contribution < -0.4 is 0 Å². The van der Waals surface area contributed by atoms with Crippen LogP contribution in [-0.4, -0.2) is 15.3 Å². The van der Waals surface area contributed by atoms with Crippen molar-refractivity contribution in [2.24, 2.45) is 0 Å². The van der Waals surface area contributed by atoms with Crippen molar-refractivity contribution >= 4 is 17.3 Å². The largest absolute Gasteiger partial charge is 0.272 e. The molecule has 0 saturated heterocycles. The van der Waals surface area contributed by atoms with Crippen molar-refractivity contribution in [1.29, 1.82) is 0 Å². The number of rotatable bonds is 4. The summed E-state index contributed by atoms with van der Waals surface area (Å²) < 4.78 is 0. The van der Waals surface area contributed by atoms with Crippen LogP contribution in [0.1, 0.15) is 19.0 Å². The lowest BCUT2D eigenvalue weighted by atomic mass is 10.2. The fourth-order valence-electron chi connectivity index (χ4n) is 1.06. The number of nitro groups is 1. The van der Waals surface area contributed by atoms with E-state index < -0.39 is 4.92 Å². The Balaban J connectivity index is 2.78. The molecule has 1 rings (SSSR count). The summed E-state index contributed by atoms with van der Waals surface area (Å²) in [7, 11) is 0. The zero-order chi connectivity index (χ0) is 10.6. The van der Waals surface area contributed by atoms with Crippen molar-refractivity contribution < 1.29 is 4.92 Å². The van der Waals surface area contributed by atoms with Gasteiger partial charge in [0.25, 0.3) is 5.69 Å². The molecule has 0 spiro atoms. The van der Waals surface area contributed by atoms with E-state index >= 15 is 0 Å². The number of aromatic nitrogens is 1. The molecule has 1 aromatic heterocycles. The molecule has 5 heteroatoms. The molecule has 1 unspecified atom stereocenters. The van der Waals surface area contributed by atoms with E-state index in [1.807, 2.05) is 6.92 Å². The van der Waals surface area contributed by atoms with Gasteiger partial charge in [-0.1, -0.05) is 6.92 Å². The average molecular weight is 215 g/mol. The van der Waals surface area contributed by atoms with Gasteiger partial charge < -0.3 is 0 Å². The molecule has 14 heavy (non-hydrogen) atoms. The first kappa shape index (κ1) is 10.9. The van der Waals surface area contributed by atoms with Crippen LogP contribution in [0.5, 0.6) is 0 Å². The number of halogens is 1. The molecule has 0 radical (unpaired) electrons. The van der Waals surface area contributed by atoms with Crippen LogP contribution >= 0.6 is 11.6 Å². The summed E-state index contributed by atoms with van der Waals surface area (Å²) in [4.78, 5) is 14.0. The maximum Gasteiger partial charge on any atom is 0.272 e. The second kappa shape index (κ2) is 4.91. The van der Waals surface area contributed by atoms with Gasteiger partial charge in [0.2, 0.25) is 0 Å². The summed E-state index contributed by atoms with van der Waals surface area (Å²) in [5.74, 6) is 0. The third-order valence-electron chi connectivity index (χ3n) is 1.88. The molecule has 1 aromatic rings. The van der Waals surface area contributed by atoms with Gasteiger partial charge in [0.05, 0.1) is 4.92 Å². The number of pyridine rings is 1. The number of nitrogens with zero attached hydrogens (tertiary/aromatic N) is 2. The second-order valence-corrected chi connectivity index (χ2v) is 3.59. The molecule has 0 aliphatic rings. The summed E-state index contributed by atoms with van der Waals surface area (Å²) in [5, 5.41) is 10.4. The molecule has 0 bridgehead atoms. The Bertz CT molecular complexity index is 330. The molecule has 0 fully saturated rings. The van der Waals surface area contributed by atoms with Gasteiger partial charge in [0, 0.05) is 35.8 Å². The fourth-order valence-corrected chi connectivity index (χ4v) is 1.22. The second-order valence-electron chi connectivity index (χ2n) is 2.97. The van der Waals surface area contributed by atoms with E-state index in [0.29, 0.717) is 12.1 Å². The van der Waals surface area contributed by atoms with Crippen molar-refractivity contribution in [2.45, 2.75) is 25.1 Å². The van der Waals surface area contributed by atoms with Crippen LogP contribution in [0.15, 0.2) is 18.3 Å². The van der Waals surface area contributed by atoms with E-state index in [4.69, 9.17) is 11.6 Å². The van der Waals surface area contributed by atoms with Crippen LogP contribution in [0.25, 0.3) is 0 Å². The molecular weight excluding hydrogens is 204 g/mol. The Morgan fingerprint density at radius 1 is 1.71 bits per heavy atom. The molecule has 1 atom stereocenters. The van der Waals surface area contributed by atoms with Gasteiger partial charge in [0.1, 0.15) is 0 Å². The highest BCUT2D eigenvalue weighted by Crippen LogP contribution is 2.14. The Kier molecular flexibility index (Phi) is 3.83. The molecular formula is C9H11ClN2O2. The van der Waals surface area contributed by atoms with E-state index in [1.165, 1.54) is 18.3 Å². The highest BCUT2D eigenvalue weighted by Gasteiger charge is 2.09. The van der Waals surface area contributed by atoms with Gasteiger partial charge in [-0.2, -0.15) is 0 Å². The number of alkyl halides is 1. The molecule has 0 N–H and O–H groups in total. The smallest absolute Gasteiger partial charge is 0.261 e. The van der Waals surface area contributed by atoms with Gasteiger partial charge in [0.15, 0.2) is 0 Å². The van der Waals surface area contributed by atoms with Crippen LogP contribution in [-0.2, 0) is 6.42 Å². The third kappa shape index (κ3) is 2.96. The minimum absolute atomic E-state index is 0.00972. The maximum absolute atomic E-state index is 10.5. The molecule has 4 nitrogen and oxygen atoms in total. The van der Waals surface area contributed by atoms with Crippen molar-refractivity contribution in [1.82, 2.24) is 4.98 Å². The predicted molar refractivity (Wildman–Crippen MR) is 54.5 cm³/mol. The van der Waals surface area contributed by atoms with Gasteiger partial charge >= 0.3 is 0 Å². The monoisotopic (exact) mass is 214 g/mol. The Labute approximate surface area is 87.1 Å². The standard InChI is InChI=1S/C9H11ClN2O2/c1-2-7(10)5-8-6-9(12(13)14)3-4-11-8/h3-4,6-7H,2,5H2,1H3. The fraction of sp³-hybridized carbons (Fsp3) is 0.444. The van der Waals surface area contributed by atoms with Crippen LogP contribution in [0.2, 0.25) is 0 Å². The predicted octanol–water partition coefficient (Wildman–Crippen LogP) is 2.55. The summed E-state index contributed by atoms with van der Waals surface area (Å²) in [6.45, 7) is 1.97. The zero-order valence-electron chi connectivity index (χ0n) is 7.81. The Morgan fingerprint density at radius 3 is 3.00 bits per heavy atom. The molecule has 0 aliphatic heterocycles. The van der Waals surface area contributed by atoms with Crippen LogP contribution in [0.4, 0.5) is 5.69 Å². The van der Waals surface area contributed by atoms with Gasteiger partial charge in [-0.05, 0) is 6.42 Å². The van der Waals surface area contributed by atoms with Gasteiger partial charge in [-0.3, -0.25) is 15.1 Å². The van der Waals surface area contributed by atoms with Crippen molar-refractivity contribution in [3.05, 3.63) is 34.1 Å². The summed E-state index contributed by atoms with van der Waals surface area (Å²) in [5.41, 5.74) is 0.732. The quantitative estimate of drug-likeness (QED) is 0.440. The van der Waals surface area contributed by atoms with E-state index in [9.17, 15) is 10.1 Å². The van der Waals surface area contributed by atoms with Crippen molar-refractivity contribution in [3.63, 3.8) is 0 Å². The van der Waals surface area contributed by atoms with Crippen LogP contribution in [0, 0.1) is 10.1 Å². The van der Waals surface area contributed by atoms with Gasteiger partial charge in [-0.25, -0.2) is 0 Å². The molecule has 0 aliphatic carbocycles. The van der Waals surface area contributed by atoms with Crippen LogP contribution in [0.3, 0.4) is 0 Å². The first-order valence-electron chi connectivity index (χ1n) is 4.37. The lowest BCUT2D eigenvalue weighted by Crippen LogP contribution is -2.03. The summed E-state index contributed by atoms with van der Waals surface area (Å²) in [6, 6.07) is 2.84. The third-order valence-corrected chi connectivity index (χ3v) is 2.35. The highest BCUT2D eigenvalue weighted by molar-refractivity contribution is 6.20. The summed E-state index contributed by atoms with van der Waals surface area (Å²) in [6.07, 6.45) is 2.83. The number of hydrogen-bond donors (Lipinski definition) is 0. The first-order chi connectivity index (χ1) is 6.63. The Morgan fingerprint density at radius 2 is 2.43 bits per heavy atom. The Hall–Kier alpha value is -1.16. The van der Waals surface area contributed by atoms with E-state index in [1.54, 1.807) is 0 Å². The first-order valence-corrected chi connectivity index (χ1v) is 4.80. The molecule has 1 heterocycles. The SMILES string of the molecule is CCC(Cl)Cc1cc([N+](=O)[O-])ccn1. The highest BCUT2D eigenvalue weighted by atomic mass is 35.5. The average Bonchev–Trinajstić information content (AvgIpc) is 2.18. The topological polar surface area (TPSA) is 56.0 Å². The van der Waals surface area contributed by atoms with E-state index in [-0.39, 0.29) is 11.1 Å². The zero-order valence-corrected chi connectivity index (χ0v) is 8.57. The normalized spacial score (nSPS) is 12.4. The minimum Gasteiger partial charge on any atom is -0.261 e. The maximum atomic E-state index is 10.5. The molecule has 0 saturated carbocycles. The lowest BCUT2D eigenvalue weighted by Gasteiger charge is -2.04. The summed E-state index contributed by atoms with van der Waals surface area (Å²) >= 11 is 5.92. The van der Waals surface area contributed by atoms with Crippen molar-refractivity contribution in [2.75, 3.05) is 0 Å².